The zero-order valence-corrected chi connectivity index (χ0v) is 13.8. The lowest BCUT2D eigenvalue weighted by molar-refractivity contribution is -0.0599. The van der Waals surface area contributed by atoms with Gasteiger partial charge in [0.05, 0.1) is 5.60 Å². The number of sulfonamides is 1. The summed E-state index contributed by atoms with van der Waals surface area (Å²) in [7, 11) is -1.85. The molecule has 2 heterocycles. The lowest BCUT2D eigenvalue weighted by atomic mass is 9.95. The number of H-pyrrole nitrogens is 1. The molecule has 0 aliphatic carbocycles. The van der Waals surface area contributed by atoms with Gasteiger partial charge >= 0.3 is 0 Å². The zero-order valence-electron chi connectivity index (χ0n) is 13.0. The molecule has 1 unspecified atom stereocenters. The van der Waals surface area contributed by atoms with Crippen molar-refractivity contribution in [3.8, 4) is 0 Å². The highest BCUT2D eigenvalue weighted by Crippen LogP contribution is 2.25. The van der Waals surface area contributed by atoms with E-state index in [4.69, 9.17) is 4.74 Å². The van der Waals surface area contributed by atoms with Crippen LogP contribution in [0, 0.1) is 6.92 Å². The maximum atomic E-state index is 12.6. The Morgan fingerprint density at radius 1 is 1.48 bits per heavy atom. The van der Waals surface area contributed by atoms with E-state index in [2.05, 4.69) is 20.2 Å². The van der Waals surface area contributed by atoms with E-state index in [0.29, 0.717) is 31.6 Å². The fourth-order valence-electron chi connectivity index (χ4n) is 2.64. The van der Waals surface area contributed by atoms with Gasteiger partial charge < -0.3 is 10.1 Å². The van der Waals surface area contributed by atoms with Crippen molar-refractivity contribution in [3.05, 3.63) is 11.3 Å². The van der Waals surface area contributed by atoms with Crippen LogP contribution in [0.1, 0.15) is 37.9 Å². The van der Waals surface area contributed by atoms with Gasteiger partial charge in [0.1, 0.15) is 0 Å². The van der Waals surface area contributed by atoms with Gasteiger partial charge in [0, 0.05) is 30.5 Å². The third kappa shape index (κ3) is 3.82. The molecule has 8 heteroatoms. The Morgan fingerprint density at radius 2 is 2.19 bits per heavy atom. The van der Waals surface area contributed by atoms with Gasteiger partial charge in [-0.2, -0.15) is 5.10 Å². The van der Waals surface area contributed by atoms with Gasteiger partial charge in [-0.15, -0.1) is 0 Å². The summed E-state index contributed by atoms with van der Waals surface area (Å²) in [5.74, 6) is 0. The molecule has 1 aromatic rings. The van der Waals surface area contributed by atoms with E-state index in [9.17, 15) is 8.42 Å². The first-order valence-corrected chi connectivity index (χ1v) is 8.58. The zero-order chi connectivity index (χ0) is 15.7. The van der Waals surface area contributed by atoms with Crippen molar-refractivity contribution in [2.24, 2.45) is 0 Å². The first-order valence-electron chi connectivity index (χ1n) is 7.10. The quantitative estimate of drug-likeness (QED) is 0.742. The second-order valence-corrected chi connectivity index (χ2v) is 7.71. The molecule has 1 aliphatic rings. The highest BCUT2D eigenvalue weighted by Gasteiger charge is 2.33. The molecule has 1 aliphatic heterocycles. The van der Waals surface area contributed by atoms with Crippen molar-refractivity contribution in [2.45, 2.75) is 56.8 Å². The summed E-state index contributed by atoms with van der Waals surface area (Å²) in [6.45, 7) is 6.77. The maximum Gasteiger partial charge on any atom is 0.260 e. The van der Waals surface area contributed by atoms with Crippen LogP contribution in [0.15, 0.2) is 5.03 Å². The molecule has 21 heavy (non-hydrogen) atoms. The average Bonchev–Trinajstić information content (AvgIpc) is 2.70. The summed E-state index contributed by atoms with van der Waals surface area (Å²) in [6.07, 6.45) is 1.32. The molecular weight excluding hydrogens is 292 g/mol. The van der Waals surface area contributed by atoms with Gasteiger partial charge in [-0.05, 0) is 40.7 Å². The number of aromatic nitrogens is 2. The Morgan fingerprint density at radius 3 is 2.81 bits per heavy atom. The van der Waals surface area contributed by atoms with Crippen molar-refractivity contribution >= 4 is 10.0 Å². The monoisotopic (exact) mass is 316 g/mol. The summed E-state index contributed by atoms with van der Waals surface area (Å²) < 4.78 is 33.5. The first-order chi connectivity index (χ1) is 9.75. The van der Waals surface area contributed by atoms with Crippen LogP contribution in [0.3, 0.4) is 0 Å². The number of nitrogens with zero attached hydrogens (tertiary/aromatic N) is 1. The lowest BCUT2D eigenvalue weighted by Crippen LogP contribution is -2.46. The summed E-state index contributed by atoms with van der Waals surface area (Å²) >= 11 is 0. The van der Waals surface area contributed by atoms with Gasteiger partial charge in [-0.25, -0.2) is 13.1 Å². The molecule has 0 aromatic carbocycles. The SMILES string of the molecule is CNCc1c(S(=O)(=O)NC2CCOC(C)(C)C2)n[nH]c1C. The van der Waals surface area contributed by atoms with Crippen LogP contribution in [0.25, 0.3) is 0 Å². The molecule has 2 rings (SSSR count). The van der Waals surface area contributed by atoms with Gasteiger partial charge in [0.2, 0.25) is 0 Å². The standard InChI is InChI=1S/C13H24N4O3S/c1-9-11(8-14-4)12(16-15-9)21(18,19)17-10-5-6-20-13(2,3)7-10/h10,14,17H,5-8H2,1-4H3,(H,15,16). The van der Waals surface area contributed by atoms with Gasteiger partial charge in [0.25, 0.3) is 10.0 Å². The highest BCUT2D eigenvalue weighted by atomic mass is 32.2. The number of aromatic amines is 1. The van der Waals surface area contributed by atoms with Gasteiger partial charge in [-0.3, -0.25) is 5.10 Å². The van der Waals surface area contributed by atoms with E-state index in [1.165, 1.54) is 0 Å². The number of nitrogens with one attached hydrogen (secondary N) is 3. The molecule has 1 atom stereocenters. The van der Waals surface area contributed by atoms with Crippen LogP contribution in [0.4, 0.5) is 0 Å². The fourth-order valence-corrected chi connectivity index (χ4v) is 4.11. The fraction of sp³-hybridized carbons (Fsp3) is 0.769. The molecule has 3 N–H and O–H groups in total. The molecule has 1 saturated heterocycles. The van der Waals surface area contributed by atoms with E-state index in [-0.39, 0.29) is 16.7 Å². The molecule has 0 saturated carbocycles. The first kappa shape index (κ1) is 16.4. The Kier molecular flexibility index (Phi) is 4.72. The van der Waals surface area contributed by atoms with E-state index < -0.39 is 10.0 Å². The van der Waals surface area contributed by atoms with Crippen LogP contribution >= 0.6 is 0 Å². The van der Waals surface area contributed by atoms with Crippen LogP contribution < -0.4 is 10.0 Å². The molecule has 0 amide bonds. The normalized spacial score (nSPS) is 22.4. The van der Waals surface area contributed by atoms with E-state index in [0.717, 1.165) is 5.69 Å². The molecule has 0 bridgehead atoms. The Balaban J connectivity index is 2.19. The molecule has 1 fully saturated rings. The van der Waals surface area contributed by atoms with Crippen molar-refractivity contribution in [2.75, 3.05) is 13.7 Å². The topological polar surface area (TPSA) is 96.1 Å². The predicted octanol–water partition coefficient (Wildman–Crippen LogP) is 0.673. The third-order valence-corrected chi connectivity index (χ3v) is 5.15. The predicted molar refractivity (Wildman–Crippen MR) is 79.5 cm³/mol. The Hall–Kier alpha value is -0.960. The molecule has 0 radical (unpaired) electrons. The van der Waals surface area contributed by atoms with Crippen LogP contribution in [0.2, 0.25) is 0 Å². The second-order valence-electron chi connectivity index (χ2n) is 6.08. The van der Waals surface area contributed by atoms with Crippen LogP contribution in [-0.4, -0.2) is 43.9 Å². The molecule has 0 spiro atoms. The number of hydrogen-bond acceptors (Lipinski definition) is 5. The summed E-state index contributed by atoms with van der Waals surface area (Å²) in [5.41, 5.74) is 1.13. The minimum atomic E-state index is -3.63. The van der Waals surface area contributed by atoms with Gasteiger partial charge in [-0.1, -0.05) is 0 Å². The summed E-state index contributed by atoms with van der Waals surface area (Å²) in [5, 5.41) is 9.76. The number of aryl methyl sites for hydroxylation is 1. The third-order valence-electron chi connectivity index (χ3n) is 3.66. The van der Waals surface area contributed by atoms with Crippen molar-refractivity contribution in [1.82, 2.24) is 20.2 Å². The van der Waals surface area contributed by atoms with E-state index in [1.807, 2.05) is 20.8 Å². The molecule has 7 nitrogen and oxygen atoms in total. The number of hydrogen-bond donors (Lipinski definition) is 3. The summed E-state index contributed by atoms with van der Waals surface area (Å²) in [4.78, 5) is 0. The molecule has 120 valence electrons. The smallest absolute Gasteiger partial charge is 0.260 e. The minimum Gasteiger partial charge on any atom is -0.375 e. The van der Waals surface area contributed by atoms with Crippen molar-refractivity contribution < 1.29 is 13.2 Å². The second kappa shape index (κ2) is 6.04. The van der Waals surface area contributed by atoms with Crippen LogP contribution in [-0.2, 0) is 21.3 Å². The van der Waals surface area contributed by atoms with Crippen molar-refractivity contribution in [1.29, 1.82) is 0 Å². The number of rotatable bonds is 5. The Labute approximate surface area is 125 Å². The lowest BCUT2D eigenvalue weighted by Gasteiger charge is -2.35. The van der Waals surface area contributed by atoms with Gasteiger partial charge in [0.15, 0.2) is 5.03 Å². The number of ether oxygens (including phenoxy) is 1. The maximum absolute atomic E-state index is 12.6. The van der Waals surface area contributed by atoms with Crippen molar-refractivity contribution in [3.63, 3.8) is 0 Å². The molecular formula is C13H24N4O3S. The average molecular weight is 316 g/mol. The largest absolute Gasteiger partial charge is 0.375 e. The minimum absolute atomic E-state index is 0.0821. The molecule has 1 aromatic heterocycles. The van der Waals surface area contributed by atoms with Crippen LogP contribution in [0.5, 0.6) is 0 Å². The van der Waals surface area contributed by atoms with E-state index >= 15 is 0 Å². The highest BCUT2D eigenvalue weighted by molar-refractivity contribution is 7.89. The Bertz CT molecular complexity index is 595. The van der Waals surface area contributed by atoms with E-state index in [1.54, 1.807) is 7.05 Å². The summed E-state index contributed by atoms with van der Waals surface area (Å²) in [6, 6.07) is -0.127.